The molecule has 6 nitrogen and oxygen atoms in total. The minimum atomic E-state index is -0.478. The monoisotopic (exact) mass is 440 g/mol. The summed E-state index contributed by atoms with van der Waals surface area (Å²) in [4.78, 5) is 39.5. The van der Waals surface area contributed by atoms with Crippen LogP contribution in [0, 0.1) is 11.7 Å². The van der Waals surface area contributed by atoms with Crippen LogP contribution >= 0.6 is 0 Å². The number of hydrogen-bond donors (Lipinski definition) is 1. The number of carbonyl (C=O) groups is 3. The maximum Gasteiger partial charge on any atom is 0.308 e. The number of nitrogens with zero attached hydrogens (tertiary/aromatic N) is 1. The van der Waals surface area contributed by atoms with Crippen LogP contribution in [0.15, 0.2) is 54.6 Å². The molecule has 3 rings (SSSR count). The summed E-state index contributed by atoms with van der Waals surface area (Å²) >= 11 is 0. The first-order chi connectivity index (χ1) is 15.3. The van der Waals surface area contributed by atoms with Crippen molar-refractivity contribution in [1.29, 1.82) is 0 Å². The zero-order valence-corrected chi connectivity index (χ0v) is 18.4. The van der Waals surface area contributed by atoms with Gasteiger partial charge in [0.15, 0.2) is 0 Å². The molecule has 2 aromatic rings. The molecule has 0 aliphatic carbocycles. The van der Waals surface area contributed by atoms with E-state index in [1.165, 1.54) is 24.3 Å². The Hall–Kier alpha value is -3.22. The average Bonchev–Trinajstić information content (AvgIpc) is 2.79. The first-order valence-electron chi connectivity index (χ1n) is 10.9. The number of ether oxygens (including phenoxy) is 1. The van der Waals surface area contributed by atoms with Crippen LogP contribution in [-0.2, 0) is 14.3 Å². The number of hydrogen-bond acceptors (Lipinski definition) is 4. The lowest BCUT2D eigenvalue weighted by atomic mass is 9.94. The second-order valence-corrected chi connectivity index (χ2v) is 8.29. The molecule has 1 fully saturated rings. The molecule has 0 radical (unpaired) electrons. The van der Waals surface area contributed by atoms with Gasteiger partial charge in [0.2, 0.25) is 5.91 Å². The highest BCUT2D eigenvalue weighted by Gasteiger charge is 2.30. The number of nitrogens with one attached hydrogen (secondary N) is 1. The normalized spacial score (nSPS) is 15.3. The molecule has 1 N–H and O–H groups in total. The van der Waals surface area contributed by atoms with Crippen molar-refractivity contribution in [2.45, 2.75) is 45.3 Å². The van der Waals surface area contributed by atoms with Gasteiger partial charge in [-0.1, -0.05) is 30.3 Å². The van der Waals surface area contributed by atoms with Gasteiger partial charge in [0.25, 0.3) is 5.91 Å². The van der Waals surface area contributed by atoms with Gasteiger partial charge in [-0.05, 0) is 56.5 Å². The Bertz CT molecular complexity index is 923. The Morgan fingerprint density at radius 3 is 2.25 bits per heavy atom. The van der Waals surface area contributed by atoms with Gasteiger partial charge in [-0.15, -0.1) is 0 Å². The number of esters is 1. The third-order valence-electron chi connectivity index (χ3n) is 5.50. The van der Waals surface area contributed by atoms with Crippen molar-refractivity contribution in [2.24, 2.45) is 5.92 Å². The second-order valence-electron chi connectivity index (χ2n) is 8.29. The summed E-state index contributed by atoms with van der Waals surface area (Å²) in [5, 5.41) is 3.00. The Labute approximate surface area is 187 Å². The fourth-order valence-electron chi connectivity index (χ4n) is 3.82. The molecule has 1 heterocycles. The molecular weight excluding hydrogens is 411 g/mol. The molecule has 1 atom stereocenters. The minimum absolute atomic E-state index is 0.0514. The van der Waals surface area contributed by atoms with E-state index in [9.17, 15) is 18.8 Å². The number of benzene rings is 2. The van der Waals surface area contributed by atoms with E-state index >= 15 is 0 Å². The third kappa shape index (κ3) is 6.39. The zero-order chi connectivity index (χ0) is 23.1. The Morgan fingerprint density at radius 2 is 1.66 bits per heavy atom. The summed E-state index contributed by atoms with van der Waals surface area (Å²) in [5.41, 5.74) is 1.27. The van der Waals surface area contributed by atoms with Crippen LogP contribution in [0.5, 0.6) is 0 Å². The molecular formula is C25H29FN2O4. The SMILES string of the molecule is CC(C)OC(=O)C[C@H](NC(=O)C1CCN(C(=O)c2ccc(F)cc2)CC1)c1ccccc1. The summed E-state index contributed by atoms with van der Waals surface area (Å²) in [7, 11) is 0. The maximum absolute atomic E-state index is 13.1. The van der Waals surface area contributed by atoms with Crippen LogP contribution in [0.3, 0.4) is 0 Å². The number of likely N-dealkylation sites (tertiary alicyclic amines) is 1. The molecule has 0 saturated carbocycles. The Balaban J connectivity index is 1.59. The van der Waals surface area contributed by atoms with E-state index in [0.717, 1.165) is 5.56 Å². The predicted molar refractivity (Wildman–Crippen MR) is 118 cm³/mol. The number of piperidine rings is 1. The molecule has 2 aromatic carbocycles. The van der Waals surface area contributed by atoms with E-state index in [-0.39, 0.29) is 42.0 Å². The van der Waals surface area contributed by atoms with E-state index in [1.54, 1.807) is 18.7 Å². The van der Waals surface area contributed by atoms with Crippen LogP contribution in [0.1, 0.15) is 55.1 Å². The lowest BCUT2D eigenvalue weighted by Gasteiger charge is -2.32. The van der Waals surface area contributed by atoms with Crippen molar-refractivity contribution in [2.75, 3.05) is 13.1 Å². The molecule has 2 amide bonds. The molecule has 1 saturated heterocycles. The lowest BCUT2D eigenvalue weighted by Crippen LogP contribution is -2.44. The van der Waals surface area contributed by atoms with Crippen molar-refractivity contribution in [3.05, 3.63) is 71.5 Å². The molecule has 32 heavy (non-hydrogen) atoms. The molecule has 7 heteroatoms. The Morgan fingerprint density at radius 1 is 1.03 bits per heavy atom. The van der Waals surface area contributed by atoms with Crippen molar-refractivity contribution >= 4 is 17.8 Å². The first-order valence-corrected chi connectivity index (χ1v) is 10.9. The van der Waals surface area contributed by atoms with Crippen molar-refractivity contribution in [3.8, 4) is 0 Å². The third-order valence-corrected chi connectivity index (χ3v) is 5.50. The molecule has 0 spiro atoms. The Kier molecular flexibility index (Phi) is 7.98. The summed E-state index contributed by atoms with van der Waals surface area (Å²) in [6, 6.07) is 14.3. The first kappa shape index (κ1) is 23.4. The van der Waals surface area contributed by atoms with E-state index < -0.39 is 6.04 Å². The van der Waals surface area contributed by atoms with Crippen LogP contribution in [0.2, 0.25) is 0 Å². The molecule has 0 unspecified atom stereocenters. The fourth-order valence-corrected chi connectivity index (χ4v) is 3.82. The van der Waals surface area contributed by atoms with E-state index in [0.29, 0.717) is 31.5 Å². The summed E-state index contributed by atoms with van der Waals surface area (Å²) in [6.45, 7) is 4.46. The van der Waals surface area contributed by atoms with Gasteiger partial charge in [-0.25, -0.2) is 4.39 Å². The molecule has 170 valence electrons. The van der Waals surface area contributed by atoms with E-state index in [1.807, 2.05) is 30.3 Å². The largest absolute Gasteiger partial charge is 0.463 e. The molecule has 1 aliphatic heterocycles. The molecule has 0 bridgehead atoms. The number of amides is 2. The standard InChI is InChI=1S/C25H29FN2O4/c1-17(2)32-23(29)16-22(18-6-4-3-5-7-18)27-24(30)19-12-14-28(15-13-19)25(31)20-8-10-21(26)11-9-20/h3-11,17,19,22H,12-16H2,1-2H3,(H,27,30)/t22-/m0/s1. The summed E-state index contributed by atoms with van der Waals surface area (Å²) in [5.74, 6) is -1.30. The second kappa shape index (κ2) is 10.9. The number of halogens is 1. The van der Waals surface area contributed by atoms with Gasteiger partial charge in [0.05, 0.1) is 18.6 Å². The molecule has 1 aliphatic rings. The maximum atomic E-state index is 13.1. The van der Waals surface area contributed by atoms with Gasteiger partial charge in [0, 0.05) is 24.6 Å². The number of rotatable bonds is 7. The number of carbonyl (C=O) groups excluding carboxylic acids is 3. The van der Waals surface area contributed by atoms with Gasteiger partial charge in [0.1, 0.15) is 5.82 Å². The smallest absolute Gasteiger partial charge is 0.308 e. The van der Waals surface area contributed by atoms with Gasteiger partial charge in [-0.3, -0.25) is 14.4 Å². The average molecular weight is 441 g/mol. The van der Waals surface area contributed by atoms with Gasteiger partial charge < -0.3 is 15.0 Å². The van der Waals surface area contributed by atoms with Gasteiger partial charge in [-0.2, -0.15) is 0 Å². The van der Waals surface area contributed by atoms with Crippen LogP contribution < -0.4 is 5.32 Å². The van der Waals surface area contributed by atoms with Crippen LogP contribution in [0.25, 0.3) is 0 Å². The van der Waals surface area contributed by atoms with Crippen LogP contribution in [-0.4, -0.2) is 41.9 Å². The highest BCUT2D eigenvalue weighted by Crippen LogP contribution is 2.23. The fraction of sp³-hybridized carbons (Fsp3) is 0.400. The van der Waals surface area contributed by atoms with Crippen molar-refractivity contribution in [3.63, 3.8) is 0 Å². The quantitative estimate of drug-likeness (QED) is 0.663. The minimum Gasteiger partial charge on any atom is -0.463 e. The lowest BCUT2D eigenvalue weighted by molar-refractivity contribution is -0.148. The summed E-state index contributed by atoms with van der Waals surface area (Å²) in [6.07, 6.45) is 0.876. The highest BCUT2D eigenvalue weighted by atomic mass is 19.1. The topological polar surface area (TPSA) is 75.7 Å². The van der Waals surface area contributed by atoms with E-state index in [4.69, 9.17) is 4.74 Å². The summed E-state index contributed by atoms with van der Waals surface area (Å²) < 4.78 is 18.4. The van der Waals surface area contributed by atoms with Crippen LogP contribution in [0.4, 0.5) is 4.39 Å². The van der Waals surface area contributed by atoms with Crippen molar-refractivity contribution < 1.29 is 23.5 Å². The molecule has 0 aromatic heterocycles. The highest BCUT2D eigenvalue weighted by molar-refractivity contribution is 5.94. The predicted octanol–water partition coefficient (Wildman–Crippen LogP) is 3.88. The van der Waals surface area contributed by atoms with Crippen molar-refractivity contribution in [1.82, 2.24) is 10.2 Å². The van der Waals surface area contributed by atoms with E-state index in [2.05, 4.69) is 5.32 Å². The zero-order valence-electron chi connectivity index (χ0n) is 18.4. The van der Waals surface area contributed by atoms with Gasteiger partial charge >= 0.3 is 5.97 Å².